The van der Waals surface area contributed by atoms with Crippen LogP contribution in [0.15, 0.2) is 12.1 Å². The molecule has 1 rings (SSSR count). The van der Waals surface area contributed by atoms with E-state index in [0.29, 0.717) is 12.1 Å². The fraction of sp³-hybridized carbons (Fsp3) is 0.417. The highest BCUT2D eigenvalue weighted by Gasteiger charge is 2.37. The summed E-state index contributed by atoms with van der Waals surface area (Å²) in [5, 5.41) is 21.5. The minimum absolute atomic E-state index is 0.346. The molecule has 21 heavy (non-hydrogen) atoms. The van der Waals surface area contributed by atoms with E-state index < -0.39 is 53.5 Å². The lowest BCUT2D eigenvalue weighted by atomic mass is 9.97. The molecule has 0 aliphatic heterocycles. The number of halogens is 4. The van der Waals surface area contributed by atoms with E-state index in [4.69, 9.17) is 5.73 Å². The molecule has 0 spiro atoms. The average Bonchev–Trinajstić information content (AvgIpc) is 2.36. The molecule has 1 amide bonds. The third-order valence-electron chi connectivity index (χ3n) is 2.72. The zero-order valence-corrected chi connectivity index (χ0v) is 10.9. The Morgan fingerprint density at radius 1 is 1.38 bits per heavy atom. The van der Waals surface area contributed by atoms with Crippen LogP contribution >= 0.6 is 0 Å². The van der Waals surface area contributed by atoms with Crippen LogP contribution in [0.25, 0.3) is 0 Å². The lowest BCUT2D eigenvalue weighted by Gasteiger charge is -2.22. The molecule has 2 unspecified atom stereocenters. The van der Waals surface area contributed by atoms with Crippen molar-refractivity contribution < 1.29 is 32.6 Å². The minimum atomic E-state index is -4.88. The van der Waals surface area contributed by atoms with Crippen LogP contribution in [-0.2, 0) is 11.0 Å². The number of benzene rings is 1. The summed E-state index contributed by atoms with van der Waals surface area (Å²) in [6.07, 6.45) is -8.66. The molecule has 2 atom stereocenters. The van der Waals surface area contributed by atoms with Gasteiger partial charge in [0.2, 0.25) is 5.91 Å². The van der Waals surface area contributed by atoms with Gasteiger partial charge < -0.3 is 21.3 Å². The van der Waals surface area contributed by atoms with Gasteiger partial charge in [-0.3, -0.25) is 4.79 Å². The maximum absolute atomic E-state index is 13.3. The zero-order chi connectivity index (χ0) is 16.4. The van der Waals surface area contributed by atoms with Crippen molar-refractivity contribution in [3.8, 4) is 0 Å². The van der Waals surface area contributed by atoms with E-state index in [2.05, 4.69) is 5.32 Å². The summed E-state index contributed by atoms with van der Waals surface area (Å²) in [5.41, 5.74) is 2.15. The van der Waals surface area contributed by atoms with Crippen LogP contribution in [0.5, 0.6) is 0 Å². The first-order valence-electron chi connectivity index (χ1n) is 5.80. The number of alkyl halides is 3. The van der Waals surface area contributed by atoms with E-state index in [1.807, 2.05) is 0 Å². The van der Waals surface area contributed by atoms with Crippen LogP contribution in [0, 0.1) is 5.82 Å². The monoisotopic (exact) mass is 310 g/mol. The van der Waals surface area contributed by atoms with E-state index in [9.17, 15) is 32.6 Å². The van der Waals surface area contributed by atoms with Crippen molar-refractivity contribution in [2.75, 3.05) is 12.3 Å². The first-order chi connectivity index (χ1) is 9.54. The predicted molar refractivity (Wildman–Crippen MR) is 65.5 cm³/mol. The molecule has 0 heterocycles. The Bertz CT molecular complexity index is 534. The molecule has 0 saturated carbocycles. The van der Waals surface area contributed by atoms with E-state index in [1.165, 1.54) is 0 Å². The number of anilines is 1. The number of nitrogens with two attached hydrogens (primary N) is 1. The third kappa shape index (κ3) is 4.30. The van der Waals surface area contributed by atoms with Crippen LogP contribution in [0.3, 0.4) is 0 Å². The topological polar surface area (TPSA) is 95.6 Å². The van der Waals surface area contributed by atoms with E-state index in [-0.39, 0.29) is 0 Å². The number of aliphatic hydroxyl groups excluding tert-OH is 2. The van der Waals surface area contributed by atoms with Crippen molar-refractivity contribution in [3.63, 3.8) is 0 Å². The van der Waals surface area contributed by atoms with Gasteiger partial charge >= 0.3 is 6.18 Å². The number of hydrogen-bond acceptors (Lipinski definition) is 4. The van der Waals surface area contributed by atoms with Gasteiger partial charge in [0.15, 0.2) is 0 Å². The molecule has 1 aromatic carbocycles. The fourth-order valence-corrected chi connectivity index (χ4v) is 1.66. The molecule has 118 valence electrons. The molecule has 0 aliphatic carbocycles. The highest BCUT2D eigenvalue weighted by Crippen LogP contribution is 2.37. The summed E-state index contributed by atoms with van der Waals surface area (Å²) in [4.78, 5) is 10.7. The quantitative estimate of drug-likeness (QED) is 0.492. The van der Waals surface area contributed by atoms with Crippen molar-refractivity contribution in [2.45, 2.75) is 25.3 Å². The summed E-state index contributed by atoms with van der Waals surface area (Å²) in [7, 11) is 0. The van der Waals surface area contributed by atoms with Crippen molar-refractivity contribution in [1.29, 1.82) is 0 Å². The van der Waals surface area contributed by atoms with Crippen molar-refractivity contribution in [2.24, 2.45) is 0 Å². The van der Waals surface area contributed by atoms with Gasteiger partial charge in [-0.2, -0.15) is 13.2 Å². The van der Waals surface area contributed by atoms with E-state index >= 15 is 0 Å². The highest BCUT2D eigenvalue weighted by atomic mass is 19.4. The molecular weight excluding hydrogens is 296 g/mol. The molecule has 0 radical (unpaired) electrons. The second kappa shape index (κ2) is 6.27. The number of nitrogen functional groups attached to an aromatic ring is 1. The Morgan fingerprint density at radius 2 is 1.95 bits per heavy atom. The summed E-state index contributed by atoms with van der Waals surface area (Å²) in [6.45, 7) is 0.642. The summed E-state index contributed by atoms with van der Waals surface area (Å²) in [6, 6.07) is 0.763. The number of amides is 1. The maximum atomic E-state index is 13.3. The van der Waals surface area contributed by atoms with Gasteiger partial charge in [-0.1, -0.05) is 0 Å². The number of rotatable bonds is 4. The SMILES string of the molecule is CC(=O)NCC(O)C(O)c1cc(F)c(N)cc1C(F)(F)F. The Kier molecular flexibility index (Phi) is 5.13. The number of carbonyl (C=O) groups is 1. The number of nitrogens with one attached hydrogen (secondary N) is 1. The first kappa shape index (κ1) is 17.2. The van der Waals surface area contributed by atoms with Gasteiger partial charge in [0.05, 0.1) is 11.3 Å². The maximum Gasteiger partial charge on any atom is 0.416 e. The normalized spacial score (nSPS) is 14.6. The molecule has 0 saturated heterocycles. The van der Waals surface area contributed by atoms with E-state index in [1.54, 1.807) is 0 Å². The summed E-state index contributed by atoms with van der Waals surface area (Å²) >= 11 is 0. The first-order valence-corrected chi connectivity index (χ1v) is 5.80. The summed E-state index contributed by atoms with van der Waals surface area (Å²) in [5.74, 6) is -1.69. The standard InChI is InChI=1S/C12H14F4N2O3/c1-5(19)18-4-10(20)11(21)6-2-8(13)9(17)3-7(6)12(14,15)16/h2-3,10-11,20-21H,4,17H2,1H3,(H,18,19). The second-order valence-corrected chi connectivity index (χ2v) is 4.41. The molecule has 0 aromatic heterocycles. The second-order valence-electron chi connectivity index (χ2n) is 4.41. The van der Waals surface area contributed by atoms with Gasteiger partial charge in [0.1, 0.15) is 18.0 Å². The molecular formula is C12H14F4N2O3. The van der Waals surface area contributed by atoms with Gasteiger partial charge in [-0.15, -0.1) is 0 Å². The third-order valence-corrected chi connectivity index (χ3v) is 2.72. The molecule has 5 N–H and O–H groups in total. The Morgan fingerprint density at radius 3 is 2.43 bits per heavy atom. The van der Waals surface area contributed by atoms with Crippen LogP contribution in [-0.4, -0.2) is 28.8 Å². The van der Waals surface area contributed by atoms with Crippen LogP contribution in [0.1, 0.15) is 24.2 Å². The van der Waals surface area contributed by atoms with Gasteiger partial charge in [0, 0.05) is 13.5 Å². The van der Waals surface area contributed by atoms with Crippen molar-refractivity contribution in [1.82, 2.24) is 5.32 Å². The van der Waals surface area contributed by atoms with Crippen LogP contribution in [0.2, 0.25) is 0 Å². The molecule has 9 heteroatoms. The number of aliphatic hydroxyl groups is 2. The molecule has 0 aliphatic rings. The largest absolute Gasteiger partial charge is 0.416 e. The Balaban J connectivity index is 3.15. The summed E-state index contributed by atoms with van der Waals surface area (Å²) < 4.78 is 51.9. The van der Waals surface area contributed by atoms with Crippen molar-refractivity contribution >= 4 is 11.6 Å². The van der Waals surface area contributed by atoms with Crippen LogP contribution < -0.4 is 11.1 Å². The number of hydrogen-bond donors (Lipinski definition) is 4. The Hall–Kier alpha value is -1.87. The molecule has 0 fully saturated rings. The van der Waals surface area contributed by atoms with Gasteiger partial charge in [-0.05, 0) is 17.7 Å². The highest BCUT2D eigenvalue weighted by molar-refractivity contribution is 5.72. The lowest BCUT2D eigenvalue weighted by Crippen LogP contribution is -2.35. The van der Waals surface area contributed by atoms with Crippen molar-refractivity contribution in [3.05, 3.63) is 29.1 Å². The zero-order valence-electron chi connectivity index (χ0n) is 10.9. The predicted octanol–water partition coefficient (Wildman–Crippen LogP) is 0.957. The lowest BCUT2D eigenvalue weighted by molar-refractivity contribution is -0.140. The smallest absolute Gasteiger partial charge is 0.396 e. The van der Waals surface area contributed by atoms with Gasteiger partial charge in [-0.25, -0.2) is 4.39 Å². The van der Waals surface area contributed by atoms with Gasteiger partial charge in [0.25, 0.3) is 0 Å². The fourth-order valence-electron chi connectivity index (χ4n) is 1.66. The van der Waals surface area contributed by atoms with Crippen LogP contribution in [0.4, 0.5) is 23.2 Å². The Labute approximate surface area is 117 Å². The average molecular weight is 310 g/mol. The molecule has 1 aromatic rings. The minimum Gasteiger partial charge on any atom is -0.396 e. The van der Waals surface area contributed by atoms with E-state index in [0.717, 1.165) is 6.92 Å². The number of carbonyl (C=O) groups excluding carboxylic acids is 1. The molecule has 5 nitrogen and oxygen atoms in total. The molecule has 0 bridgehead atoms.